The topological polar surface area (TPSA) is 46.2 Å². The van der Waals surface area contributed by atoms with Crippen molar-refractivity contribution in [2.45, 2.75) is 96.8 Å². The van der Waals surface area contributed by atoms with E-state index in [1.807, 2.05) is 12.1 Å². The van der Waals surface area contributed by atoms with Gasteiger partial charge < -0.3 is 5.32 Å². The van der Waals surface area contributed by atoms with Crippen LogP contribution in [-0.2, 0) is 4.79 Å². The summed E-state index contributed by atoms with van der Waals surface area (Å²) in [5, 5.41) is 3.60. The number of rotatable bonds is 19. The highest BCUT2D eigenvalue weighted by atomic mass is 35.5. The van der Waals surface area contributed by atoms with Gasteiger partial charge in [-0.1, -0.05) is 100 Å². The lowest BCUT2D eigenvalue weighted by molar-refractivity contribution is -0.116. The van der Waals surface area contributed by atoms with Gasteiger partial charge in [0.05, 0.1) is 0 Å². The Morgan fingerprint density at radius 2 is 1.30 bits per heavy atom. The molecule has 4 heteroatoms. The Morgan fingerprint density at radius 3 is 1.92 bits per heavy atom. The maximum Gasteiger partial charge on any atom is 0.224 e. The SMILES string of the molecule is CCCCCCCC/C=C\CCCCCCCC(=O)Nc1ccc(C(=O)/C=C/c2ccc(Cl)cc2)cc1. The number of carbonyl (C=O) groups excluding carboxylic acids is 2. The zero-order chi connectivity index (χ0) is 26.6. The number of carbonyl (C=O) groups is 2. The number of unbranched alkanes of at least 4 members (excludes halogenated alkanes) is 11. The summed E-state index contributed by atoms with van der Waals surface area (Å²) < 4.78 is 0. The minimum Gasteiger partial charge on any atom is -0.326 e. The number of hydrogen-bond donors (Lipinski definition) is 1. The molecule has 0 aromatic heterocycles. The first-order valence-corrected chi connectivity index (χ1v) is 14.5. The van der Waals surface area contributed by atoms with Gasteiger partial charge in [0.1, 0.15) is 0 Å². The van der Waals surface area contributed by atoms with Crippen molar-refractivity contribution in [3.63, 3.8) is 0 Å². The number of hydrogen-bond acceptors (Lipinski definition) is 2. The van der Waals surface area contributed by atoms with E-state index in [2.05, 4.69) is 24.4 Å². The second-order valence-corrected chi connectivity index (χ2v) is 10.1. The number of amides is 1. The predicted molar refractivity (Wildman–Crippen MR) is 159 cm³/mol. The highest BCUT2D eigenvalue weighted by Gasteiger charge is 2.05. The Hall–Kier alpha value is -2.65. The number of benzene rings is 2. The normalized spacial score (nSPS) is 11.4. The molecule has 0 heterocycles. The molecule has 37 heavy (non-hydrogen) atoms. The maximum atomic E-state index is 12.4. The van der Waals surface area contributed by atoms with Crippen LogP contribution in [-0.4, -0.2) is 11.7 Å². The van der Waals surface area contributed by atoms with Crippen molar-refractivity contribution >= 4 is 35.1 Å². The second-order valence-electron chi connectivity index (χ2n) is 9.71. The molecule has 2 aromatic rings. The molecular formula is C33H44ClNO2. The lowest BCUT2D eigenvalue weighted by Crippen LogP contribution is -2.11. The van der Waals surface area contributed by atoms with Crippen molar-refractivity contribution in [2.24, 2.45) is 0 Å². The van der Waals surface area contributed by atoms with E-state index in [4.69, 9.17) is 11.6 Å². The van der Waals surface area contributed by atoms with Crippen molar-refractivity contribution in [1.82, 2.24) is 0 Å². The van der Waals surface area contributed by atoms with Gasteiger partial charge in [-0.3, -0.25) is 9.59 Å². The summed E-state index contributed by atoms with van der Waals surface area (Å²) in [5.41, 5.74) is 2.22. The van der Waals surface area contributed by atoms with E-state index in [0.717, 1.165) is 24.1 Å². The molecule has 0 saturated heterocycles. The van der Waals surface area contributed by atoms with Gasteiger partial charge in [-0.05, 0) is 80.1 Å². The summed E-state index contributed by atoms with van der Waals surface area (Å²) in [6.45, 7) is 2.26. The van der Waals surface area contributed by atoms with Crippen molar-refractivity contribution in [3.8, 4) is 0 Å². The lowest BCUT2D eigenvalue weighted by Gasteiger charge is -2.06. The van der Waals surface area contributed by atoms with Crippen LogP contribution in [0.2, 0.25) is 5.02 Å². The summed E-state index contributed by atoms with van der Waals surface area (Å²) in [5.74, 6) is -0.0551. The molecule has 2 rings (SSSR count). The van der Waals surface area contributed by atoms with Crippen LogP contribution in [0.15, 0.2) is 66.8 Å². The molecule has 0 aliphatic rings. The molecule has 0 fully saturated rings. The fourth-order valence-electron chi connectivity index (χ4n) is 4.14. The Kier molecular flexibility index (Phi) is 16.1. The van der Waals surface area contributed by atoms with Crippen LogP contribution in [0, 0.1) is 0 Å². The van der Waals surface area contributed by atoms with Gasteiger partial charge in [-0.15, -0.1) is 0 Å². The number of halogens is 1. The summed E-state index contributed by atoms with van der Waals surface area (Å²) in [6, 6.07) is 14.4. The van der Waals surface area contributed by atoms with Gasteiger partial charge in [0, 0.05) is 22.7 Å². The van der Waals surface area contributed by atoms with Crippen LogP contribution >= 0.6 is 11.6 Å². The Bertz CT molecular complexity index is 961. The van der Waals surface area contributed by atoms with Crippen LogP contribution in [0.1, 0.15) is 113 Å². The quantitative estimate of drug-likeness (QED) is 0.0864. The van der Waals surface area contributed by atoms with Gasteiger partial charge in [0.25, 0.3) is 0 Å². The standard InChI is InChI=1S/C33H44ClNO2/c1-2-3-4-5-6-7-8-9-10-11-12-13-14-15-16-17-33(37)35-31-25-21-29(22-26-31)32(36)27-20-28-18-23-30(34)24-19-28/h9-10,18-27H,2-8,11-17H2,1H3,(H,35,37)/b10-9-,27-20+. The number of nitrogens with one attached hydrogen (secondary N) is 1. The van der Waals surface area contributed by atoms with Gasteiger partial charge in [0.15, 0.2) is 5.78 Å². The first-order valence-electron chi connectivity index (χ1n) is 14.1. The number of anilines is 1. The molecule has 0 saturated carbocycles. The largest absolute Gasteiger partial charge is 0.326 e. The summed E-state index contributed by atoms with van der Waals surface area (Å²) >= 11 is 5.89. The third-order valence-electron chi connectivity index (χ3n) is 6.42. The Balaban J connectivity index is 1.51. The molecule has 200 valence electrons. The summed E-state index contributed by atoms with van der Waals surface area (Å²) in [6.07, 6.45) is 24.7. The van der Waals surface area contributed by atoms with E-state index >= 15 is 0 Å². The second kappa shape index (κ2) is 19.5. The minimum absolute atomic E-state index is 0.0272. The van der Waals surface area contributed by atoms with E-state index in [9.17, 15) is 9.59 Å². The van der Waals surface area contributed by atoms with Crippen LogP contribution in [0.25, 0.3) is 6.08 Å². The molecule has 1 N–H and O–H groups in total. The molecule has 0 spiro atoms. The van der Waals surface area contributed by atoms with Gasteiger partial charge in [-0.2, -0.15) is 0 Å². The van der Waals surface area contributed by atoms with Crippen LogP contribution in [0.4, 0.5) is 5.69 Å². The molecule has 0 atom stereocenters. The third kappa shape index (κ3) is 14.6. The van der Waals surface area contributed by atoms with Crippen molar-refractivity contribution in [2.75, 3.05) is 5.32 Å². The smallest absolute Gasteiger partial charge is 0.224 e. The van der Waals surface area contributed by atoms with Crippen molar-refractivity contribution < 1.29 is 9.59 Å². The number of allylic oxidation sites excluding steroid dienone is 3. The van der Waals surface area contributed by atoms with Gasteiger partial charge in [-0.25, -0.2) is 0 Å². The molecule has 0 unspecified atom stereocenters. The van der Waals surface area contributed by atoms with E-state index in [1.54, 1.807) is 48.6 Å². The molecule has 0 radical (unpaired) electrons. The first-order chi connectivity index (χ1) is 18.1. The van der Waals surface area contributed by atoms with E-state index in [-0.39, 0.29) is 11.7 Å². The fraction of sp³-hybridized carbons (Fsp3) is 0.455. The third-order valence-corrected chi connectivity index (χ3v) is 6.67. The fourth-order valence-corrected chi connectivity index (χ4v) is 4.27. The predicted octanol–water partition coefficient (Wildman–Crippen LogP) is 10.2. The molecular weight excluding hydrogens is 478 g/mol. The zero-order valence-corrected chi connectivity index (χ0v) is 23.3. The lowest BCUT2D eigenvalue weighted by atomic mass is 10.1. The van der Waals surface area contributed by atoms with Crippen LogP contribution in [0.5, 0.6) is 0 Å². The zero-order valence-electron chi connectivity index (χ0n) is 22.5. The van der Waals surface area contributed by atoms with Crippen molar-refractivity contribution in [3.05, 3.63) is 82.9 Å². The first kappa shape index (κ1) is 30.6. The highest BCUT2D eigenvalue weighted by Crippen LogP contribution is 2.15. The molecule has 0 bridgehead atoms. The summed E-state index contributed by atoms with van der Waals surface area (Å²) in [7, 11) is 0. The molecule has 0 aliphatic carbocycles. The van der Waals surface area contributed by atoms with Crippen LogP contribution < -0.4 is 5.32 Å². The minimum atomic E-state index is -0.0823. The summed E-state index contributed by atoms with van der Waals surface area (Å²) in [4.78, 5) is 24.6. The average molecular weight is 522 g/mol. The molecule has 3 nitrogen and oxygen atoms in total. The van der Waals surface area contributed by atoms with E-state index in [0.29, 0.717) is 17.0 Å². The highest BCUT2D eigenvalue weighted by molar-refractivity contribution is 6.30. The van der Waals surface area contributed by atoms with Crippen LogP contribution in [0.3, 0.4) is 0 Å². The maximum absolute atomic E-state index is 12.4. The molecule has 1 amide bonds. The van der Waals surface area contributed by atoms with Gasteiger partial charge >= 0.3 is 0 Å². The number of ketones is 1. The monoisotopic (exact) mass is 521 g/mol. The van der Waals surface area contributed by atoms with Gasteiger partial charge in [0.2, 0.25) is 5.91 Å². The Morgan fingerprint density at radius 1 is 0.730 bits per heavy atom. The average Bonchev–Trinajstić information content (AvgIpc) is 2.91. The van der Waals surface area contributed by atoms with E-state index < -0.39 is 0 Å². The molecule has 2 aromatic carbocycles. The molecule has 0 aliphatic heterocycles. The van der Waals surface area contributed by atoms with E-state index in [1.165, 1.54) is 70.6 Å². The van der Waals surface area contributed by atoms with Crippen molar-refractivity contribution in [1.29, 1.82) is 0 Å². The Labute approximate surface area is 229 Å².